The molecule has 1 heterocycles. The molecule has 0 bridgehead atoms. The molecule has 0 spiro atoms. The Balaban J connectivity index is 2.11. The third kappa shape index (κ3) is 1.36. The maximum Gasteiger partial charge on any atom is 0.153 e. The van der Waals surface area contributed by atoms with E-state index >= 15 is 0 Å². The molecule has 1 aliphatic carbocycles. The molecular weight excluding hydrogens is 150 g/mol. The Kier molecular flexibility index (Phi) is 2.11. The number of hydrogen-bond acceptors (Lipinski definition) is 2. The van der Waals surface area contributed by atoms with Crippen LogP contribution in [0.4, 0.5) is 0 Å². The summed E-state index contributed by atoms with van der Waals surface area (Å²) in [6.07, 6.45) is 6.21. The van der Waals surface area contributed by atoms with Crippen molar-refractivity contribution in [3.05, 3.63) is 11.6 Å². The van der Waals surface area contributed by atoms with Gasteiger partial charge in [-0.2, -0.15) is 5.10 Å². The summed E-state index contributed by atoms with van der Waals surface area (Å²) in [5.74, 6) is 2.71. The van der Waals surface area contributed by atoms with Crippen LogP contribution in [-0.4, -0.2) is 15.2 Å². The van der Waals surface area contributed by atoms with Gasteiger partial charge in [-0.05, 0) is 12.8 Å². The first-order valence-corrected chi connectivity index (χ1v) is 4.81. The van der Waals surface area contributed by atoms with Crippen LogP contribution < -0.4 is 0 Å². The molecular formula is C9H15N3. The number of H-pyrrole nitrogens is 1. The number of rotatable bonds is 2. The average Bonchev–Trinajstić information content (AvgIpc) is 2.75. The Labute approximate surface area is 72.6 Å². The first kappa shape index (κ1) is 7.77. The van der Waals surface area contributed by atoms with Gasteiger partial charge in [-0.3, -0.25) is 5.10 Å². The Morgan fingerprint density at radius 2 is 2.17 bits per heavy atom. The van der Waals surface area contributed by atoms with Gasteiger partial charge in [0.15, 0.2) is 5.82 Å². The first-order valence-electron chi connectivity index (χ1n) is 4.81. The summed E-state index contributed by atoms with van der Waals surface area (Å²) in [5, 5.41) is 7.20. The van der Waals surface area contributed by atoms with Gasteiger partial charge >= 0.3 is 0 Å². The number of nitrogens with zero attached hydrogens (tertiary/aromatic N) is 2. The van der Waals surface area contributed by atoms with Crippen molar-refractivity contribution in [2.45, 2.75) is 44.9 Å². The van der Waals surface area contributed by atoms with Gasteiger partial charge in [-0.1, -0.05) is 19.8 Å². The van der Waals surface area contributed by atoms with Crippen molar-refractivity contribution in [3.8, 4) is 0 Å². The van der Waals surface area contributed by atoms with E-state index in [9.17, 15) is 0 Å². The molecule has 1 fully saturated rings. The highest BCUT2D eigenvalue weighted by atomic mass is 15.2. The molecule has 0 unspecified atom stereocenters. The minimum atomic E-state index is 0.640. The summed E-state index contributed by atoms with van der Waals surface area (Å²) in [7, 11) is 0. The van der Waals surface area contributed by atoms with Gasteiger partial charge in [0, 0.05) is 12.3 Å². The Hall–Kier alpha value is -0.860. The largest absolute Gasteiger partial charge is 0.263 e. The van der Waals surface area contributed by atoms with Crippen LogP contribution in [0.15, 0.2) is 0 Å². The molecule has 0 saturated heterocycles. The monoisotopic (exact) mass is 165 g/mol. The van der Waals surface area contributed by atoms with E-state index in [0.717, 1.165) is 18.1 Å². The molecule has 0 aromatic carbocycles. The van der Waals surface area contributed by atoms with E-state index in [4.69, 9.17) is 0 Å². The number of hydrogen-bond donors (Lipinski definition) is 1. The molecule has 1 aliphatic rings. The normalized spacial score (nSPS) is 18.8. The highest BCUT2D eigenvalue weighted by molar-refractivity contribution is 4.99. The van der Waals surface area contributed by atoms with Gasteiger partial charge in [0.05, 0.1) is 0 Å². The lowest BCUT2D eigenvalue weighted by atomic mass is 10.1. The molecule has 12 heavy (non-hydrogen) atoms. The van der Waals surface area contributed by atoms with Crippen LogP contribution >= 0.6 is 0 Å². The lowest BCUT2D eigenvalue weighted by Gasteiger charge is -2.00. The highest BCUT2D eigenvalue weighted by Gasteiger charge is 2.20. The fourth-order valence-corrected chi connectivity index (χ4v) is 1.83. The van der Waals surface area contributed by atoms with Crippen LogP contribution in [0.5, 0.6) is 0 Å². The summed E-state index contributed by atoms with van der Waals surface area (Å²) >= 11 is 0. The molecule has 1 aromatic heterocycles. The number of aromatic nitrogens is 3. The van der Waals surface area contributed by atoms with Crippen molar-refractivity contribution in [2.24, 2.45) is 0 Å². The summed E-state index contributed by atoms with van der Waals surface area (Å²) in [4.78, 5) is 4.44. The SMILES string of the molecule is CCc1nc(C2CCCC2)n[nH]1. The molecule has 66 valence electrons. The minimum Gasteiger partial charge on any atom is -0.263 e. The Morgan fingerprint density at radius 3 is 2.75 bits per heavy atom. The molecule has 3 nitrogen and oxygen atoms in total. The minimum absolute atomic E-state index is 0.640. The molecule has 1 saturated carbocycles. The molecule has 0 amide bonds. The van der Waals surface area contributed by atoms with Gasteiger partial charge in [0.25, 0.3) is 0 Å². The van der Waals surface area contributed by atoms with Crippen LogP contribution in [-0.2, 0) is 6.42 Å². The van der Waals surface area contributed by atoms with Crippen molar-refractivity contribution in [1.82, 2.24) is 15.2 Å². The molecule has 0 radical (unpaired) electrons. The fraction of sp³-hybridized carbons (Fsp3) is 0.778. The third-order valence-electron chi connectivity index (χ3n) is 2.60. The first-order chi connectivity index (χ1) is 5.90. The molecule has 0 aliphatic heterocycles. The van der Waals surface area contributed by atoms with E-state index in [1.54, 1.807) is 0 Å². The van der Waals surface area contributed by atoms with E-state index in [1.165, 1.54) is 25.7 Å². The van der Waals surface area contributed by atoms with Crippen molar-refractivity contribution in [1.29, 1.82) is 0 Å². The molecule has 3 heteroatoms. The second kappa shape index (κ2) is 3.25. The summed E-state index contributed by atoms with van der Waals surface area (Å²) < 4.78 is 0. The zero-order chi connectivity index (χ0) is 8.39. The van der Waals surface area contributed by atoms with Crippen molar-refractivity contribution < 1.29 is 0 Å². The number of aromatic amines is 1. The van der Waals surface area contributed by atoms with Crippen molar-refractivity contribution >= 4 is 0 Å². The van der Waals surface area contributed by atoms with E-state index in [0.29, 0.717) is 5.92 Å². The quantitative estimate of drug-likeness (QED) is 0.728. The third-order valence-corrected chi connectivity index (χ3v) is 2.60. The van der Waals surface area contributed by atoms with Crippen LogP contribution in [0.2, 0.25) is 0 Å². The van der Waals surface area contributed by atoms with E-state index < -0.39 is 0 Å². The maximum absolute atomic E-state index is 4.44. The lowest BCUT2D eigenvalue weighted by molar-refractivity contribution is 0.671. The van der Waals surface area contributed by atoms with Gasteiger partial charge in [0.1, 0.15) is 5.82 Å². The smallest absolute Gasteiger partial charge is 0.153 e. The van der Waals surface area contributed by atoms with E-state index in [-0.39, 0.29) is 0 Å². The zero-order valence-electron chi connectivity index (χ0n) is 7.51. The van der Waals surface area contributed by atoms with Crippen molar-refractivity contribution in [2.75, 3.05) is 0 Å². The lowest BCUT2D eigenvalue weighted by Crippen LogP contribution is -1.94. The van der Waals surface area contributed by atoms with Gasteiger partial charge in [-0.25, -0.2) is 4.98 Å². The van der Waals surface area contributed by atoms with Crippen LogP contribution in [0, 0.1) is 0 Å². The van der Waals surface area contributed by atoms with Gasteiger partial charge in [-0.15, -0.1) is 0 Å². The van der Waals surface area contributed by atoms with E-state index in [1.807, 2.05) is 0 Å². The maximum atomic E-state index is 4.44. The predicted molar refractivity (Wildman–Crippen MR) is 47.0 cm³/mol. The van der Waals surface area contributed by atoms with Crippen LogP contribution in [0.3, 0.4) is 0 Å². The summed E-state index contributed by atoms with van der Waals surface area (Å²) in [6.45, 7) is 2.10. The average molecular weight is 165 g/mol. The standard InChI is InChI=1S/C9H15N3/c1-2-8-10-9(12-11-8)7-5-3-4-6-7/h7H,2-6H2,1H3,(H,10,11,12). The Bertz CT molecular complexity index is 248. The highest BCUT2D eigenvalue weighted by Crippen LogP contribution is 2.31. The fourth-order valence-electron chi connectivity index (χ4n) is 1.83. The molecule has 1 aromatic rings. The van der Waals surface area contributed by atoms with E-state index in [2.05, 4.69) is 22.1 Å². The molecule has 2 rings (SSSR count). The van der Waals surface area contributed by atoms with Crippen molar-refractivity contribution in [3.63, 3.8) is 0 Å². The molecule has 1 N–H and O–H groups in total. The second-order valence-corrected chi connectivity index (χ2v) is 3.48. The van der Waals surface area contributed by atoms with Crippen LogP contribution in [0.25, 0.3) is 0 Å². The zero-order valence-corrected chi connectivity index (χ0v) is 7.51. The predicted octanol–water partition coefficient (Wildman–Crippen LogP) is 2.02. The topological polar surface area (TPSA) is 41.6 Å². The van der Waals surface area contributed by atoms with Gasteiger partial charge < -0.3 is 0 Å². The summed E-state index contributed by atoms with van der Waals surface area (Å²) in [5.41, 5.74) is 0. The second-order valence-electron chi connectivity index (χ2n) is 3.48. The summed E-state index contributed by atoms with van der Waals surface area (Å²) in [6, 6.07) is 0. The van der Waals surface area contributed by atoms with Gasteiger partial charge in [0.2, 0.25) is 0 Å². The number of aryl methyl sites for hydroxylation is 1. The van der Waals surface area contributed by atoms with Crippen LogP contribution in [0.1, 0.15) is 50.2 Å². The Morgan fingerprint density at radius 1 is 1.42 bits per heavy atom. The number of nitrogens with one attached hydrogen (secondary N) is 1. The molecule has 0 atom stereocenters.